The Bertz CT molecular complexity index is 746. The van der Waals surface area contributed by atoms with Gasteiger partial charge in [0.05, 0.1) is 5.56 Å². The first-order valence-electron chi connectivity index (χ1n) is 5.84. The second-order valence-electron chi connectivity index (χ2n) is 4.34. The zero-order chi connectivity index (χ0) is 14.3. The molecule has 5 heteroatoms. The van der Waals surface area contributed by atoms with Gasteiger partial charge in [-0.25, -0.2) is 0 Å². The third-order valence-electron chi connectivity index (χ3n) is 2.96. The predicted molar refractivity (Wildman–Crippen MR) is 70.8 cm³/mol. The van der Waals surface area contributed by atoms with Crippen LogP contribution < -0.4 is 4.74 Å². The lowest BCUT2D eigenvalue weighted by atomic mass is 10.1. The number of ketones is 1. The number of benzene rings is 2. The number of phenolic OH excluding ortho intramolecular Hbond substituents is 3. The Morgan fingerprint density at radius 2 is 1.85 bits per heavy atom. The summed E-state index contributed by atoms with van der Waals surface area (Å²) >= 11 is 0. The topological polar surface area (TPSA) is 87.0 Å². The fraction of sp³-hybridized carbons (Fsp3) is 0. The van der Waals surface area contributed by atoms with Crippen LogP contribution in [0.4, 0.5) is 0 Å². The number of Topliss-reactive ketones (excluding diaryl/α,β-unsaturated/α-hetero) is 1. The first-order chi connectivity index (χ1) is 9.56. The Balaban J connectivity index is 2.04. The summed E-state index contributed by atoms with van der Waals surface area (Å²) in [6.45, 7) is 0. The summed E-state index contributed by atoms with van der Waals surface area (Å²) < 4.78 is 5.29. The molecule has 0 amide bonds. The number of phenols is 3. The van der Waals surface area contributed by atoms with Crippen molar-refractivity contribution < 1.29 is 24.9 Å². The highest BCUT2D eigenvalue weighted by molar-refractivity contribution is 6.15. The molecule has 0 radical (unpaired) electrons. The molecule has 0 saturated heterocycles. The molecule has 0 fully saturated rings. The van der Waals surface area contributed by atoms with Gasteiger partial charge >= 0.3 is 0 Å². The van der Waals surface area contributed by atoms with Gasteiger partial charge in [-0.05, 0) is 35.9 Å². The van der Waals surface area contributed by atoms with Gasteiger partial charge in [0.25, 0.3) is 0 Å². The van der Waals surface area contributed by atoms with Gasteiger partial charge in [0.2, 0.25) is 11.5 Å². The number of hydrogen-bond acceptors (Lipinski definition) is 5. The number of fused-ring (bicyclic) bond motifs is 1. The quantitative estimate of drug-likeness (QED) is 0.547. The Kier molecular flexibility index (Phi) is 2.61. The van der Waals surface area contributed by atoms with Gasteiger partial charge in [-0.1, -0.05) is 12.1 Å². The normalized spacial score (nSPS) is 15.2. The third-order valence-corrected chi connectivity index (χ3v) is 2.96. The lowest BCUT2D eigenvalue weighted by molar-refractivity contribution is 0.101. The first-order valence-corrected chi connectivity index (χ1v) is 5.84. The van der Waals surface area contributed by atoms with Crippen LogP contribution in [-0.4, -0.2) is 21.1 Å². The van der Waals surface area contributed by atoms with Crippen molar-refractivity contribution in [3.05, 3.63) is 53.3 Å². The first kappa shape index (κ1) is 12.1. The summed E-state index contributed by atoms with van der Waals surface area (Å²) in [6, 6.07) is 8.94. The Morgan fingerprint density at radius 1 is 1.05 bits per heavy atom. The smallest absolute Gasteiger partial charge is 0.232 e. The van der Waals surface area contributed by atoms with Gasteiger partial charge < -0.3 is 20.1 Å². The molecule has 100 valence electrons. The molecular formula is C15H10O5. The van der Waals surface area contributed by atoms with Gasteiger partial charge in [0.1, 0.15) is 5.75 Å². The zero-order valence-corrected chi connectivity index (χ0v) is 10.2. The minimum atomic E-state index is -0.463. The summed E-state index contributed by atoms with van der Waals surface area (Å²) in [5.74, 6) is -1.17. The SMILES string of the molecule is O=C1/C(=C\c2cccc(O)c2)Oc2c1ccc(O)c2O. The van der Waals surface area contributed by atoms with E-state index in [1.807, 2.05) is 0 Å². The summed E-state index contributed by atoms with van der Waals surface area (Å²) in [5.41, 5.74) is 0.775. The monoisotopic (exact) mass is 270 g/mol. The van der Waals surface area contributed by atoms with Gasteiger partial charge in [0, 0.05) is 0 Å². The van der Waals surface area contributed by atoms with Gasteiger partial charge in [-0.15, -0.1) is 0 Å². The second-order valence-corrected chi connectivity index (χ2v) is 4.34. The molecule has 0 bridgehead atoms. The number of rotatable bonds is 1. The number of allylic oxidation sites excluding steroid dienone is 1. The van der Waals surface area contributed by atoms with Crippen LogP contribution in [-0.2, 0) is 0 Å². The molecule has 3 rings (SSSR count). The van der Waals surface area contributed by atoms with Crippen molar-refractivity contribution in [2.24, 2.45) is 0 Å². The summed E-state index contributed by atoms with van der Waals surface area (Å²) in [7, 11) is 0. The van der Waals surface area contributed by atoms with E-state index in [1.165, 1.54) is 30.3 Å². The Labute approximate surface area is 114 Å². The van der Waals surface area contributed by atoms with E-state index in [0.717, 1.165) is 0 Å². The van der Waals surface area contributed by atoms with Crippen LogP contribution in [0.5, 0.6) is 23.0 Å². The van der Waals surface area contributed by atoms with Crippen LogP contribution in [0.1, 0.15) is 15.9 Å². The molecule has 0 aromatic heterocycles. The maximum atomic E-state index is 12.1. The van der Waals surface area contributed by atoms with Crippen LogP contribution in [0.2, 0.25) is 0 Å². The highest BCUT2D eigenvalue weighted by Crippen LogP contribution is 2.44. The standard InChI is InChI=1S/C15H10O5/c16-9-3-1-2-8(6-9)7-12-13(18)10-4-5-11(17)14(19)15(10)20-12/h1-7,16-17,19H/b12-7+. The van der Waals surface area contributed by atoms with Gasteiger partial charge in [-0.3, -0.25) is 4.79 Å². The number of ether oxygens (including phenoxy) is 1. The molecule has 20 heavy (non-hydrogen) atoms. The average Bonchev–Trinajstić information content (AvgIpc) is 2.72. The van der Waals surface area contributed by atoms with Crippen molar-refractivity contribution in [1.82, 2.24) is 0 Å². The zero-order valence-electron chi connectivity index (χ0n) is 10.2. The maximum Gasteiger partial charge on any atom is 0.232 e. The molecule has 1 aliphatic heterocycles. The van der Waals surface area contributed by atoms with Crippen molar-refractivity contribution in [3.63, 3.8) is 0 Å². The largest absolute Gasteiger partial charge is 0.508 e. The van der Waals surface area contributed by atoms with E-state index in [9.17, 15) is 20.1 Å². The van der Waals surface area contributed by atoms with E-state index in [1.54, 1.807) is 12.1 Å². The van der Waals surface area contributed by atoms with Crippen molar-refractivity contribution in [1.29, 1.82) is 0 Å². The molecule has 0 atom stereocenters. The summed E-state index contributed by atoms with van der Waals surface area (Å²) in [4.78, 5) is 12.1. The van der Waals surface area contributed by atoms with Crippen LogP contribution in [0, 0.1) is 0 Å². The third kappa shape index (κ3) is 1.85. The molecule has 0 unspecified atom stereocenters. The predicted octanol–water partition coefficient (Wildman–Crippen LogP) is 2.42. The molecular weight excluding hydrogens is 260 g/mol. The molecule has 3 N–H and O–H groups in total. The second kappa shape index (κ2) is 4.31. The summed E-state index contributed by atoms with van der Waals surface area (Å²) in [6.07, 6.45) is 1.46. The van der Waals surface area contributed by atoms with E-state index in [-0.39, 0.29) is 28.6 Å². The fourth-order valence-electron chi connectivity index (χ4n) is 1.99. The van der Waals surface area contributed by atoms with Crippen molar-refractivity contribution in [2.45, 2.75) is 0 Å². The molecule has 1 heterocycles. The maximum absolute atomic E-state index is 12.1. The fourth-order valence-corrected chi connectivity index (χ4v) is 1.99. The van der Waals surface area contributed by atoms with Crippen molar-refractivity contribution >= 4 is 11.9 Å². The van der Waals surface area contributed by atoms with Crippen molar-refractivity contribution in [3.8, 4) is 23.0 Å². The molecule has 2 aromatic rings. The molecule has 2 aromatic carbocycles. The van der Waals surface area contributed by atoms with E-state index in [2.05, 4.69) is 0 Å². The number of carbonyl (C=O) groups excluding carboxylic acids is 1. The van der Waals surface area contributed by atoms with E-state index in [0.29, 0.717) is 5.56 Å². The lowest BCUT2D eigenvalue weighted by Gasteiger charge is -2.02. The molecule has 0 aliphatic carbocycles. The number of carbonyl (C=O) groups is 1. The van der Waals surface area contributed by atoms with Crippen LogP contribution in [0.15, 0.2) is 42.2 Å². The Hall–Kier alpha value is -2.95. The number of hydrogen-bond donors (Lipinski definition) is 3. The van der Waals surface area contributed by atoms with E-state index >= 15 is 0 Å². The van der Waals surface area contributed by atoms with Crippen LogP contribution in [0.25, 0.3) is 6.08 Å². The molecule has 0 saturated carbocycles. The van der Waals surface area contributed by atoms with Gasteiger partial charge in [-0.2, -0.15) is 0 Å². The van der Waals surface area contributed by atoms with Crippen LogP contribution >= 0.6 is 0 Å². The van der Waals surface area contributed by atoms with E-state index in [4.69, 9.17) is 4.74 Å². The minimum Gasteiger partial charge on any atom is -0.508 e. The lowest BCUT2D eigenvalue weighted by Crippen LogP contribution is -1.97. The minimum absolute atomic E-state index is 0.0199. The van der Waals surface area contributed by atoms with Crippen molar-refractivity contribution in [2.75, 3.05) is 0 Å². The summed E-state index contributed by atoms with van der Waals surface area (Å²) in [5, 5.41) is 28.4. The molecule has 0 spiro atoms. The highest BCUT2D eigenvalue weighted by Gasteiger charge is 2.31. The van der Waals surface area contributed by atoms with E-state index < -0.39 is 11.5 Å². The average molecular weight is 270 g/mol. The molecule has 5 nitrogen and oxygen atoms in total. The highest BCUT2D eigenvalue weighted by atomic mass is 16.5. The van der Waals surface area contributed by atoms with Crippen LogP contribution in [0.3, 0.4) is 0 Å². The number of aromatic hydroxyl groups is 3. The van der Waals surface area contributed by atoms with Gasteiger partial charge in [0.15, 0.2) is 17.3 Å². The Morgan fingerprint density at radius 3 is 2.60 bits per heavy atom. The molecule has 1 aliphatic rings.